The van der Waals surface area contributed by atoms with Crippen molar-refractivity contribution < 1.29 is 9.05 Å². The number of benzene rings is 4. The summed E-state index contributed by atoms with van der Waals surface area (Å²) in [4.78, 5) is 0. The summed E-state index contributed by atoms with van der Waals surface area (Å²) in [6, 6.07) is 38.0. The van der Waals surface area contributed by atoms with Crippen molar-refractivity contribution in [1.82, 2.24) is 0 Å². The monoisotopic (exact) mass is 720 g/mol. The molecule has 2 nitrogen and oxygen atoms in total. The van der Waals surface area contributed by atoms with Crippen LogP contribution in [0.15, 0.2) is 109 Å². The van der Waals surface area contributed by atoms with Crippen molar-refractivity contribution in [3.63, 3.8) is 0 Å². The van der Waals surface area contributed by atoms with E-state index in [2.05, 4.69) is 139 Å². The van der Waals surface area contributed by atoms with E-state index in [1.807, 2.05) is 0 Å². The molecule has 0 saturated carbocycles. The van der Waals surface area contributed by atoms with Crippen molar-refractivity contribution in [1.29, 1.82) is 0 Å². The minimum atomic E-state index is -1.99. The third kappa shape index (κ3) is 4.79. The van der Waals surface area contributed by atoms with Gasteiger partial charge in [-0.15, -0.1) is 0 Å². The molecule has 0 radical (unpaired) electrons. The topological polar surface area (TPSA) is 18.5 Å². The van der Waals surface area contributed by atoms with Crippen LogP contribution in [0.1, 0.15) is 0 Å². The molecule has 4 aromatic rings. The first kappa shape index (κ1) is 23.2. The van der Waals surface area contributed by atoms with Gasteiger partial charge in [0.1, 0.15) is 0 Å². The Hall–Kier alpha value is -0.582. The second kappa shape index (κ2) is 9.96. The molecule has 4 aromatic carbocycles. The first-order valence-electron chi connectivity index (χ1n) is 9.84. The van der Waals surface area contributed by atoms with Crippen molar-refractivity contribution in [3.8, 4) is 22.6 Å². The van der Waals surface area contributed by atoms with E-state index in [4.69, 9.17) is 9.05 Å². The Morgan fingerprint density at radius 2 is 0.812 bits per heavy atom. The molecule has 1 aliphatic rings. The maximum atomic E-state index is 6.98. The van der Waals surface area contributed by atoms with Crippen LogP contribution in [0, 0.1) is 0 Å². The molecular formula is C24H18O2P2Se4. The standard InChI is InChI=1S/C24H18O2P2Se4/c29-27(19-11-3-1-4-12-19)25-23-17-9-7-15-21(23)22-16-8-10-18-24(22)26-28(30,32-31-27)20-13-5-2-6-14-20/h1-18H. The van der Waals surface area contributed by atoms with Crippen LogP contribution in [0.5, 0.6) is 11.5 Å². The van der Waals surface area contributed by atoms with Crippen LogP contribution in [0.3, 0.4) is 0 Å². The Morgan fingerprint density at radius 1 is 0.469 bits per heavy atom. The van der Waals surface area contributed by atoms with Crippen LogP contribution in [-0.2, 0) is 0 Å². The van der Waals surface area contributed by atoms with Crippen molar-refractivity contribution >= 4 is 75.0 Å². The fraction of sp³-hybridized carbons (Fsp3) is 0. The Bertz CT molecular complexity index is 1240. The van der Waals surface area contributed by atoms with Crippen LogP contribution < -0.4 is 19.7 Å². The summed E-state index contributed by atoms with van der Waals surface area (Å²) in [7, 11) is 0. The van der Waals surface area contributed by atoms with Gasteiger partial charge in [-0.1, -0.05) is 0 Å². The molecule has 0 fully saturated rings. The SMILES string of the molecule is [Se]=P1(c2ccccc2)Oc2ccccc2-c2ccccc2OP(=[Se])(c2ccccc2)[Se][Se]1. The molecule has 160 valence electrons. The van der Waals surface area contributed by atoms with Gasteiger partial charge in [0.25, 0.3) is 0 Å². The molecule has 2 unspecified atom stereocenters. The van der Waals surface area contributed by atoms with Gasteiger partial charge in [-0.25, -0.2) is 0 Å². The van der Waals surface area contributed by atoms with Gasteiger partial charge < -0.3 is 0 Å². The van der Waals surface area contributed by atoms with Crippen molar-refractivity contribution in [3.05, 3.63) is 109 Å². The molecule has 0 saturated heterocycles. The van der Waals surface area contributed by atoms with E-state index in [-0.39, 0.29) is 25.4 Å². The van der Waals surface area contributed by atoms with Crippen molar-refractivity contribution in [2.45, 2.75) is 0 Å². The van der Waals surface area contributed by atoms with Gasteiger partial charge in [0, 0.05) is 0 Å². The van der Waals surface area contributed by atoms with Gasteiger partial charge >= 0.3 is 216 Å². The molecule has 0 aliphatic carbocycles. The number of hydrogen-bond acceptors (Lipinski definition) is 2. The molecule has 0 aromatic heterocycles. The molecule has 1 aliphatic heterocycles. The zero-order valence-corrected chi connectivity index (χ0v) is 25.4. The summed E-state index contributed by atoms with van der Waals surface area (Å²) in [5.41, 5.74) is 2.15. The van der Waals surface area contributed by atoms with E-state index in [1.165, 1.54) is 10.6 Å². The van der Waals surface area contributed by atoms with Crippen LogP contribution in [-0.4, -0.2) is 55.6 Å². The molecule has 1 heterocycles. The number of rotatable bonds is 2. The van der Waals surface area contributed by atoms with E-state index in [0.29, 0.717) is 0 Å². The minimum absolute atomic E-state index is 0.218. The molecule has 0 N–H and O–H groups in total. The summed E-state index contributed by atoms with van der Waals surface area (Å²) >= 11 is 7.55. The fourth-order valence-corrected chi connectivity index (χ4v) is 68.8. The molecule has 5 rings (SSSR count). The average Bonchev–Trinajstić information content (AvgIpc) is 2.85. The summed E-state index contributed by atoms with van der Waals surface area (Å²) < 4.78 is 9.99. The van der Waals surface area contributed by atoms with Gasteiger partial charge in [-0.05, 0) is 0 Å². The Balaban J connectivity index is 1.74. The van der Waals surface area contributed by atoms with Gasteiger partial charge in [-0.2, -0.15) is 0 Å². The molecule has 8 heteroatoms. The molecule has 0 amide bonds. The molecule has 32 heavy (non-hydrogen) atoms. The second-order valence-corrected chi connectivity index (χ2v) is 42.3. The van der Waals surface area contributed by atoms with Gasteiger partial charge in [0.2, 0.25) is 0 Å². The number of hydrogen-bond donors (Lipinski definition) is 0. The Morgan fingerprint density at radius 3 is 1.22 bits per heavy atom. The van der Waals surface area contributed by atoms with Crippen LogP contribution in [0.4, 0.5) is 0 Å². The first-order chi connectivity index (χ1) is 15.6. The summed E-state index contributed by atoms with van der Waals surface area (Å²) in [5.74, 6) is 1.84. The third-order valence-corrected chi connectivity index (χ3v) is 59.2. The first-order valence-corrected chi connectivity index (χ1v) is 26.5. The van der Waals surface area contributed by atoms with Gasteiger partial charge in [-0.3, -0.25) is 0 Å². The van der Waals surface area contributed by atoms with E-state index in [9.17, 15) is 0 Å². The summed E-state index contributed by atoms with van der Waals surface area (Å²) in [5, 5.41) is 2.54. The fourth-order valence-electron chi connectivity index (χ4n) is 3.33. The van der Waals surface area contributed by atoms with Crippen LogP contribution in [0.2, 0.25) is 0 Å². The van der Waals surface area contributed by atoms with E-state index in [0.717, 1.165) is 22.6 Å². The normalized spacial score (nSPS) is 22.5. The molecule has 0 spiro atoms. The van der Waals surface area contributed by atoms with E-state index < -0.39 is 8.85 Å². The van der Waals surface area contributed by atoms with Crippen LogP contribution in [0.25, 0.3) is 11.1 Å². The number of fused-ring (bicyclic) bond motifs is 3. The molecule has 2 atom stereocenters. The zero-order chi connectivity index (χ0) is 22.0. The maximum absolute atomic E-state index is 6.98. The van der Waals surface area contributed by atoms with Crippen molar-refractivity contribution in [2.75, 3.05) is 0 Å². The predicted molar refractivity (Wildman–Crippen MR) is 142 cm³/mol. The van der Waals surface area contributed by atoms with Crippen LogP contribution >= 0.6 is 8.85 Å². The second-order valence-electron chi connectivity index (χ2n) is 6.99. The van der Waals surface area contributed by atoms with E-state index in [1.54, 1.807) is 0 Å². The predicted octanol–water partition coefficient (Wildman–Crippen LogP) is 4.96. The Labute approximate surface area is 214 Å². The summed E-state index contributed by atoms with van der Waals surface area (Å²) in [6.07, 6.45) is 0. The molecule has 0 bridgehead atoms. The molecular weight excluding hydrogens is 698 g/mol. The van der Waals surface area contributed by atoms with Crippen molar-refractivity contribution in [2.24, 2.45) is 0 Å². The summed E-state index contributed by atoms with van der Waals surface area (Å²) in [6.45, 7) is 0. The quantitative estimate of drug-likeness (QED) is 0.216. The van der Waals surface area contributed by atoms with E-state index >= 15 is 0 Å². The third-order valence-electron chi connectivity index (χ3n) is 4.88. The number of para-hydroxylation sites is 2. The zero-order valence-electron chi connectivity index (χ0n) is 16.7. The Kier molecular flexibility index (Phi) is 7.21. The van der Waals surface area contributed by atoms with Gasteiger partial charge in [0.15, 0.2) is 0 Å². The van der Waals surface area contributed by atoms with Gasteiger partial charge in [0.05, 0.1) is 0 Å². The average molecular weight is 716 g/mol.